The van der Waals surface area contributed by atoms with Gasteiger partial charge in [0.25, 0.3) is 0 Å². The molecule has 2 aromatic heterocycles. The number of pyridine rings is 1. The summed E-state index contributed by atoms with van der Waals surface area (Å²) in [5, 5.41) is 72.5. The number of hydrazine groups is 1. The molecule has 1 aliphatic carbocycles. The minimum absolute atomic E-state index is 0.0616. The first-order valence-corrected chi connectivity index (χ1v) is 29.0. The number of fused-ring (bicyclic) bond motifs is 4. The Bertz CT molecular complexity index is 2820. The Morgan fingerprint density at radius 1 is 0.756 bits per heavy atom. The molecule has 78 heavy (non-hydrogen) atoms. The van der Waals surface area contributed by atoms with Crippen molar-refractivity contribution in [1.29, 1.82) is 0 Å². The van der Waals surface area contributed by atoms with Gasteiger partial charge in [0.2, 0.25) is 23.6 Å². The summed E-state index contributed by atoms with van der Waals surface area (Å²) in [6.45, 7) is -0.394. The highest BCUT2D eigenvalue weighted by Crippen LogP contribution is 2.45. The Labute approximate surface area is 469 Å². The first kappa shape index (κ1) is 60.9. The van der Waals surface area contributed by atoms with E-state index < -0.39 is 97.8 Å². The third kappa shape index (κ3) is 18.1. The van der Waals surface area contributed by atoms with Crippen molar-refractivity contribution in [3.63, 3.8) is 0 Å². The number of benzene rings is 3. The molecule has 5 amide bonds. The second kappa shape index (κ2) is 30.7. The monoisotopic (exact) mass is 1200 g/mol. The average molecular weight is 1200 g/mol. The molecule has 0 fully saturated rings. The number of thioether (sulfide) groups is 1. The van der Waals surface area contributed by atoms with Crippen molar-refractivity contribution < 1.29 is 64.1 Å². The fraction of sp³-hybridized carbons (Fsp3) is 0.392. The molecule has 0 saturated heterocycles. The van der Waals surface area contributed by atoms with Crippen LogP contribution in [0.25, 0.3) is 22.0 Å². The summed E-state index contributed by atoms with van der Waals surface area (Å²) in [4.78, 5) is 90.7. The number of carbonyl (C=O) groups excluding carboxylic acids is 5. The van der Waals surface area contributed by atoms with Gasteiger partial charge in [-0.05, 0) is 52.9 Å². The van der Waals surface area contributed by atoms with Gasteiger partial charge in [-0.2, -0.15) is 11.8 Å². The van der Waals surface area contributed by atoms with Gasteiger partial charge in [0, 0.05) is 76.3 Å². The summed E-state index contributed by atoms with van der Waals surface area (Å²) in [5.74, 6) is -2.74. The number of carboxylic acid groups (broad SMARTS) is 1. The Hall–Kier alpha value is -6.30. The maximum Gasteiger partial charge on any atom is 0.426 e. The molecule has 7 atom stereocenters. The van der Waals surface area contributed by atoms with E-state index in [4.69, 9.17) is 9.84 Å². The van der Waals surface area contributed by atoms with Crippen LogP contribution in [0.4, 0.5) is 22.1 Å². The first-order valence-electron chi connectivity index (χ1n) is 24.5. The smallest absolute Gasteiger partial charge is 0.426 e. The molecule has 0 aliphatic heterocycles. The lowest BCUT2D eigenvalue weighted by Gasteiger charge is -2.25. The van der Waals surface area contributed by atoms with E-state index in [1.165, 1.54) is 52.5 Å². The van der Waals surface area contributed by atoms with E-state index >= 15 is 0 Å². The molecular weight excluding hydrogens is 1140 g/mol. The zero-order chi connectivity index (χ0) is 56.1. The van der Waals surface area contributed by atoms with Crippen molar-refractivity contribution in [1.82, 2.24) is 41.6 Å². The zero-order valence-electron chi connectivity index (χ0n) is 42.0. The molecule has 0 unspecified atom stereocenters. The third-order valence-electron chi connectivity index (χ3n) is 12.2. The number of aliphatic hydroxyl groups is 5. The molecule has 0 bridgehead atoms. The predicted octanol–water partition coefficient (Wildman–Crippen LogP) is 3.04. The molecule has 1 aliphatic rings. The number of hydrogen-bond donors (Lipinski definition) is 13. The van der Waals surface area contributed by atoms with E-state index in [0.29, 0.717) is 22.5 Å². The topological polar surface area (TPSA) is 356 Å². The van der Waals surface area contributed by atoms with Crippen molar-refractivity contribution in [3.8, 4) is 11.1 Å². The van der Waals surface area contributed by atoms with Gasteiger partial charge in [-0.3, -0.25) is 24.6 Å². The standard InChI is InChI=1S/C51H61BrN10O13S3/c1-28(13-14-43(66)55-23-40(64)45(68)46(69)41(65)24-63)48(70)59-38(22-54-44(67)15-17-76-25-36-33-11-4-2-9-31(33)32-10-3-5-12-34(32)36)49(71)60-39(50(72)73)26-78-77-18-16-75-51(74)62-61-42-20-35-37(21-53-42)56-27-57-47(35)58-30-8-6-7-29(52)19-30/h2-12,19-21,27-28,36,38-41,45-46,63-65,68-69H,13-18,22-26H2,1H3,(H,53,61)(H,54,67)(H,55,66)(H,59,70)(H,60,71)(H,62,74)(H,72,73)(H,56,57,58)/t28-,38-,39-,40-,41+,45+,46+/m0/s1. The number of anilines is 3. The summed E-state index contributed by atoms with van der Waals surface area (Å²) in [6.07, 6.45) is -5.36. The Balaban J connectivity index is 0.962. The molecule has 23 nitrogen and oxygen atoms in total. The minimum Gasteiger partial charge on any atom is -0.480 e. The number of aliphatic carboxylic acids is 1. The number of aromatic nitrogens is 3. The van der Waals surface area contributed by atoms with Crippen LogP contribution in [0.3, 0.4) is 0 Å². The molecule has 27 heteroatoms. The second-order valence-electron chi connectivity index (χ2n) is 17.8. The highest BCUT2D eigenvalue weighted by atomic mass is 79.9. The van der Waals surface area contributed by atoms with E-state index in [9.17, 15) is 54.3 Å². The van der Waals surface area contributed by atoms with E-state index in [0.717, 1.165) is 26.7 Å². The van der Waals surface area contributed by atoms with Gasteiger partial charge >= 0.3 is 12.1 Å². The van der Waals surface area contributed by atoms with E-state index in [2.05, 4.69) is 92.6 Å². The largest absolute Gasteiger partial charge is 0.480 e. The van der Waals surface area contributed by atoms with Crippen LogP contribution in [0, 0.1) is 5.92 Å². The lowest BCUT2D eigenvalue weighted by atomic mass is 9.99. The van der Waals surface area contributed by atoms with Crippen LogP contribution < -0.4 is 37.4 Å². The molecule has 0 saturated carbocycles. The second-order valence-corrected chi connectivity index (χ2v) is 22.5. The number of carboxylic acids is 1. The Kier molecular flexibility index (Phi) is 24.0. The van der Waals surface area contributed by atoms with Gasteiger partial charge in [0.1, 0.15) is 55.0 Å². The van der Waals surface area contributed by atoms with Crippen LogP contribution in [0.5, 0.6) is 0 Å². The lowest BCUT2D eigenvalue weighted by Crippen LogP contribution is -2.56. The third-order valence-corrected chi connectivity index (χ3v) is 16.1. The van der Waals surface area contributed by atoms with E-state index in [1.807, 2.05) is 48.5 Å². The highest BCUT2D eigenvalue weighted by Gasteiger charge is 2.32. The lowest BCUT2D eigenvalue weighted by molar-refractivity contribution is -0.141. The molecule has 6 rings (SSSR count). The van der Waals surface area contributed by atoms with Crippen molar-refractivity contribution >= 4 is 113 Å². The number of amides is 5. The summed E-state index contributed by atoms with van der Waals surface area (Å²) < 4.78 is 6.11. The maximum absolute atomic E-state index is 13.8. The Morgan fingerprint density at radius 2 is 1.44 bits per heavy atom. The van der Waals surface area contributed by atoms with Crippen molar-refractivity contribution in [2.24, 2.45) is 5.92 Å². The summed E-state index contributed by atoms with van der Waals surface area (Å²) in [5.41, 5.74) is 11.2. The quantitative estimate of drug-likeness (QED) is 0.0172. The molecule has 2 heterocycles. The van der Waals surface area contributed by atoms with E-state index in [1.54, 1.807) is 17.8 Å². The van der Waals surface area contributed by atoms with Crippen molar-refractivity contribution in [3.05, 3.63) is 107 Å². The fourth-order valence-corrected chi connectivity index (χ4v) is 11.3. The number of carbonyl (C=O) groups is 6. The highest BCUT2D eigenvalue weighted by molar-refractivity contribution is 9.10. The zero-order valence-corrected chi connectivity index (χ0v) is 46.1. The normalized spacial score (nSPS) is 14.5. The van der Waals surface area contributed by atoms with Crippen LogP contribution in [-0.2, 0) is 28.7 Å². The maximum atomic E-state index is 13.8. The van der Waals surface area contributed by atoms with Crippen LogP contribution in [0.15, 0.2) is 95.9 Å². The molecule has 0 radical (unpaired) electrons. The SMILES string of the molecule is C[C@@H](CCC(=O)NC[C@H](O)[C@@H](O)[C@H](O)[C@H](O)CO)C(=O)N[C@@H](CNC(=O)CCSCC1c2ccccc2-c2ccccc21)C(=O)N[C@@H](CSSCCOC(=O)NNc1cc2c(Nc3cccc(Br)c3)ncnc2cn1)C(=O)O. The van der Waals surface area contributed by atoms with Crippen LogP contribution in [0.2, 0.25) is 0 Å². The summed E-state index contributed by atoms with van der Waals surface area (Å²) in [7, 11) is 2.26. The van der Waals surface area contributed by atoms with Crippen LogP contribution in [0.1, 0.15) is 43.2 Å². The van der Waals surface area contributed by atoms with Gasteiger partial charge in [-0.25, -0.2) is 30.0 Å². The number of rotatable bonds is 31. The summed E-state index contributed by atoms with van der Waals surface area (Å²) >= 11 is 5.05. The minimum atomic E-state index is -1.89. The number of hydrogen-bond acceptors (Lipinski definition) is 20. The van der Waals surface area contributed by atoms with Gasteiger partial charge in [-0.1, -0.05) is 99.0 Å². The number of halogens is 1. The number of aliphatic hydroxyl groups excluding tert-OH is 5. The predicted molar refractivity (Wildman–Crippen MR) is 300 cm³/mol. The van der Waals surface area contributed by atoms with Gasteiger partial charge in [-0.15, -0.1) is 0 Å². The Morgan fingerprint density at radius 3 is 2.14 bits per heavy atom. The van der Waals surface area contributed by atoms with Gasteiger partial charge in [0.05, 0.1) is 24.4 Å². The molecular formula is C51H61BrN10O13S3. The van der Waals surface area contributed by atoms with Crippen molar-refractivity contribution in [2.45, 2.75) is 68.6 Å². The first-order chi connectivity index (χ1) is 37.5. The molecule has 3 aromatic carbocycles. The number of nitrogens with one attached hydrogen (secondary N) is 7. The van der Waals surface area contributed by atoms with Gasteiger partial charge < -0.3 is 62.0 Å². The van der Waals surface area contributed by atoms with Crippen LogP contribution >= 0.6 is 49.3 Å². The molecule has 13 N–H and O–H groups in total. The molecule has 0 spiro atoms. The van der Waals surface area contributed by atoms with Crippen LogP contribution in [-0.4, -0.2) is 167 Å². The summed E-state index contributed by atoms with van der Waals surface area (Å²) in [6, 6.07) is 22.7. The van der Waals surface area contributed by atoms with E-state index in [-0.39, 0.29) is 49.1 Å². The number of ether oxygens (including phenoxy) is 1. The average Bonchev–Trinajstić information content (AvgIpc) is 3.93. The van der Waals surface area contributed by atoms with Crippen molar-refractivity contribution in [2.75, 3.05) is 60.1 Å². The van der Waals surface area contributed by atoms with Gasteiger partial charge in [0.15, 0.2) is 0 Å². The fourth-order valence-electron chi connectivity index (χ4n) is 7.87. The molecule has 5 aromatic rings. The number of nitrogens with zero attached hydrogens (tertiary/aromatic N) is 3. The molecule has 418 valence electrons.